The van der Waals surface area contributed by atoms with E-state index >= 15 is 0 Å². The van der Waals surface area contributed by atoms with Gasteiger partial charge >= 0.3 is 11.5 Å². The van der Waals surface area contributed by atoms with E-state index in [4.69, 9.17) is 5.11 Å². The molecule has 8 heteroatoms. The van der Waals surface area contributed by atoms with Crippen molar-refractivity contribution in [3.05, 3.63) is 35.9 Å². The molecule has 1 aromatic rings. The second-order valence-corrected chi connectivity index (χ2v) is 4.52. The highest BCUT2D eigenvalue weighted by atomic mass is 32.2. The third kappa shape index (κ3) is 5.64. The van der Waals surface area contributed by atoms with Gasteiger partial charge in [-0.25, -0.2) is 4.79 Å². The lowest BCUT2D eigenvalue weighted by atomic mass is 10.1. The predicted molar refractivity (Wildman–Crippen MR) is 63.5 cm³/mol. The van der Waals surface area contributed by atoms with Crippen molar-refractivity contribution < 1.29 is 27.9 Å². The monoisotopic (exact) mass is 293 g/mol. The zero-order chi connectivity index (χ0) is 14.5. The first kappa shape index (κ1) is 15.4. The fourth-order valence-corrected chi connectivity index (χ4v) is 1.66. The second kappa shape index (κ2) is 6.46. The van der Waals surface area contributed by atoms with Crippen molar-refractivity contribution >= 4 is 23.6 Å². The van der Waals surface area contributed by atoms with Crippen molar-refractivity contribution in [2.75, 3.05) is 5.75 Å². The Morgan fingerprint density at radius 1 is 1.26 bits per heavy atom. The molecule has 104 valence electrons. The fraction of sp³-hybridized carbons (Fsp3) is 0.273. The highest BCUT2D eigenvalue weighted by Crippen LogP contribution is 2.29. The van der Waals surface area contributed by atoms with E-state index in [1.165, 1.54) is 12.1 Å². The van der Waals surface area contributed by atoms with Crippen LogP contribution >= 0.6 is 11.8 Å². The zero-order valence-electron chi connectivity index (χ0n) is 9.48. The predicted octanol–water partition coefficient (Wildman–Crippen LogP) is 2.18. The van der Waals surface area contributed by atoms with Crippen molar-refractivity contribution in [3.63, 3.8) is 0 Å². The van der Waals surface area contributed by atoms with Crippen LogP contribution in [0.1, 0.15) is 11.6 Å². The Morgan fingerprint density at radius 3 is 2.32 bits per heavy atom. The number of nitrogens with one attached hydrogen (secondary N) is 1. The number of hydrogen-bond acceptors (Lipinski definition) is 3. The molecule has 1 amide bonds. The van der Waals surface area contributed by atoms with Crippen LogP contribution in [0.5, 0.6) is 0 Å². The molecule has 0 radical (unpaired) electrons. The molecule has 4 nitrogen and oxygen atoms in total. The van der Waals surface area contributed by atoms with Crippen LogP contribution in [-0.4, -0.2) is 28.2 Å². The summed E-state index contributed by atoms with van der Waals surface area (Å²) >= 11 is -0.514. The van der Waals surface area contributed by atoms with Gasteiger partial charge in [0.25, 0.3) is 0 Å². The van der Waals surface area contributed by atoms with Gasteiger partial charge in [-0.05, 0) is 17.3 Å². The van der Waals surface area contributed by atoms with Crippen LogP contribution in [0.25, 0.3) is 0 Å². The Morgan fingerprint density at radius 2 is 1.84 bits per heavy atom. The van der Waals surface area contributed by atoms with E-state index in [0.717, 1.165) is 0 Å². The number of halogens is 3. The summed E-state index contributed by atoms with van der Waals surface area (Å²) in [5.41, 5.74) is -4.23. The van der Waals surface area contributed by atoms with Gasteiger partial charge in [-0.3, -0.25) is 4.79 Å². The number of alkyl halides is 3. The highest BCUT2D eigenvalue weighted by Gasteiger charge is 2.30. The van der Waals surface area contributed by atoms with Crippen LogP contribution in [0.15, 0.2) is 30.3 Å². The molecule has 0 bridgehead atoms. The zero-order valence-corrected chi connectivity index (χ0v) is 10.3. The van der Waals surface area contributed by atoms with E-state index in [2.05, 4.69) is 0 Å². The molecular formula is C11H10F3NO3S. The van der Waals surface area contributed by atoms with Crippen molar-refractivity contribution in [2.24, 2.45) is 0 Å². The highest BCUT2D eigenvalue weighted by molar-refractivity contribution is 8.00. The van der Waals surface area contributed by atoms with E-state index in [9.17, 15) is 22.8 Å². The molecule has 0 aliphatic carbocycles. The Labute approximate surface area is 111 Å². The average Bonchev–Trinajstić information content (AvgIpc) is 2.33. The van der Waals surface area contributed by atoms with Gasteiger partial charge in [-0.1, -0.05) is 30.3 Å². The van der Waals surface area contributed by atoms with Gasteiger partial charge in [-0.2, -0.15) is 13.2 Å². The van der Waals surface area contributed by atoms with Crippen molar-refractivity contribution in [2.45, 2.75) is 11.6 Å². The van der Waals surface area contributed by atoms with E-state index in [0.29, 0.717) is 5.56 Å². The first-order valence-electron chi connectivity index (χ1n) is 5.07. The molecule has 0 aliphatic rings. The maximum Gasteiger partial charge on any atom is 0.442 e. The topological polar surface area (TPSA) is 66.4 Å². The van der Waals surface area contributed by atoms with Crippen LogP contribution in [0.2, 0.25) is 0 Å². The smallest absolute Gasteiger partial charge is 0.442 e. The average molecular weight is 293 g/mol. The first-order valence-corrected chi connectivity index (χ1v) is 6.06. The van der Waals surface area contributed by atoms with Gasteiger partial charge in [0.1, 0.15) is 0 Å². The molecule has 1 rings (SSSR count). The van der Waals surface area contributed by atoms with E-state index in [1.54, 1.807) is 18.2 Å². The minimum atomic E-state index is -4.52. The number of carboxylic acids is 1. The summed E-state index contributed by atoms with van der Waals surface area (Å²) in [6.07, 6.45) is 0. The standard InChI is InChI=1S/C11H10F3NO3S/c12-11(13,14)19-6-8(16)15-9(10(17)18)7-4-2-1-3-5-7/h1-5,9H,6H2,(H,15,16)(H,17,18)/t9-/m0/s1. The molecule has 2 N–H and O–H groups in total. The van der Waals surface area contributed by atoms with Crippen LogP contribution in [0.4, 0.5) is 13.2 Å². The molecule has 0 unspecified atom stereocenters. The lowest BCUT2D eigenvalue weighted by Crippen LogP contribution is -2.35. The summed E-state index contributed by atoms with van der Waals surface area (Å²) < 4.78 is 35.7. The largest absolute Gasteiger partial charge is 0.479 e. The third-order valence-corrected chi connectivity index (χ3v) is 2.79. The molecule has 0 saturated carbocycles. The molecule has 0 fully saturated rings. The van der Waals surface area contributed by atoms with E-state index in [1.807, 2.05) is 5.32 Å². The minimum Gasteiger partial charge on any atom is -0.479 e. The molecule has 0 aromatic heterocycles. The summed E-state index contributed by atoms with van der Waals surface area (Å²) in [4.78, 5) is 22.3. The van der Waals surface area contributed by atoms with E-state index in [-0.39, 0.29) is 0 Å². The molecular weight excluding hydrogens is 283 g/mol. The van der Waals surface area contributed by atoms with Gasteiger partial charge < -0.3 is 10.4 Å². The van der Waals surface area contributed by atoms with Gasteiger partial charge in [-0.15, -0.1) is 0 Å². The van der Waals surface area contributed by atoms with Gasteiger partial charge in [0.15, 0.2) is 6.04 Å². The Balaban J connectivity index is 2.65. The van der Waals surface area contributed by atoms with Gasteiger partial charge in [0.2, 0.25) is 5.91 Å². The van der Waals surface area contributed by atoms with E-state index < -0.39 is 40.9 Å². The summed E-state index contributed by atoms with van der Waals surface area (Å²) in [6, 6.07) is 6.38. The van der Waals surface area contributed by atoms with Gasteiger partial charge in [0, 0.05) is 0 Å². The molecule has 0 aliphatic heterocycles. The number of rotatable bonds is 5. The molecule has 19 heavy (non-hydrogen) atoms. The van der Waals surface area contributed by atoms with Crippen molar-refractivity contribution in [3.8, 4) is 0 Å². The Kier molecular flexibility index (Phi) is 5.22. The lowest BCUT2D eigenvalue weighted by molar-refractivity contribution is -0.141. The summed E-state index contributed by atoms with van der Waals surface area (Å²) in [5, 5.41) is 11.0. The Bertz CT molecular complexity index is 450. The maximum atomic E-state index is 11.9. The number of carbonyl (C=O) groups excluding carboxylic acids is 1. The molecule has 1 aromatic carbocycles. The second-order valence-electron chi connectivity index (χ2n) is 3.48. The maximum absolute atomic E-state index is 11.9. The van der Waals surface area contributed by atoms with Crippen molar-refractivity contribution in [1.29, 1.82) is 0 Å². The molecule has 0 spiro atoms. The SMILES string of the molecule is O=C(CSC(F)(F)F)N[C@H](C(=O)O)c1ccccc1. The fourth-order valence-electron chi connectivity index (χ4n) is 1.28. The number of benzene rings is 1. The summed E-state index contributed by atoms with van der Waals surface area (Å²) in [5.74, 6) is -3.20. The molecule has 0 heterocycles. The number of carboxylic acid groups (broad SMARTS) is 1. The Hall–Kier alpha value is -1.70. The summed E-state index contributed by atoms with van der Waals surface area (Å²) in [6.45, 7) is 0. The van der Waals surface area contributed by atoms with Crippen LogP contribution in [0.3, 0.4) is 0 Å². The number of aliphatic carboxylic acids is 1. The van der Waals surface area contributed by atoms with Gasteiger partial charge in [0.05, 0.1) is 5.75 Å². The van der Waals surface area contributed by atoms with Crippen molar-refractivity contribution in [1.82, 2.24) is 5.32 Å². The normalized spacial score (nSPS) is 12.8. The quantitative estimate of drug-likeness (QED) is 0.873. The molecule has 0 saturated heterocycles. The third-order valence-electron chi connectivity index (χ3n) is 2.05. The van der Waals surface area contributed by atoms with Crippen LogP contribution < -0.4 is 5.32 Å². The van der Waals surface area contributed by atoms with Crippen LogP contribution in [0, 0.1) is 0 Å². The number of thioether (sulfide) groups is 1. The van der Waals surface area contributed by atoms with Crippen LogP contribution in [-0.2, 0) is 9.59 Å². The summed E-state index contributed by atoms with van der Waals surface area (Å²) in [7, 11) is 0. The first-order chi connectivity index (χ1) is 8.79. The minimum absolute atomic E-state index is 0.292. The number of carbonyl (C=O) groups is 2. The number of amides is 1. The number of hydrogen-bond donors (Lipinski definition) is 2. The lowest BCUT2D eigenvalue weighted by Gasteiger charge is -2.15. The molecule has 1 atom stereocenters.